The van der Waals surface area contributed by atoms with Gasteiger partial charge < -0.3 is 19.6 Å². The fourth-order valence-electron chi connectivity index (χ4n) is 2.83. The Morgan fingerprint density at radius 2 is 2.27 bits per heavy atom. The molecule has 0 aliphatic carbocycles. The summed E-state index contributed by atoms with van der Waals surface area (Å²) < 4.78 is 1.75. The molecule has 0 fully saturated rings. The third kappa shape index (κ3) is 2.36. The Morgan fingerprint density at radius 3 is 3.00 bits per heavy atom. The summed E-state index contributed by atoms with van der Waals surface area (Å²) in [6.45, 7) is 2.41. The van der Waals surface area contributed by atoms with Gasteiger partial charge in [0.25, 0.3) is 0 Å². The first-order valence-electron chi connectivity index (χ1n) is 7.16. The summed E-state index contributed by atoms with van der Waals surface area (Å²) in [7, 11) is 0. The highest BCUT2D eigenvalue weighted by Crippen LogP contribution is 2.27. The third-order valence-corrected chi connectivity index (χ3v) is 3.90. The number of hydrogen-bond acceptors (Lipinski definition) is 4. The van der Waals surface area contributed by atoms with E-state index in [1.165, 1.54) is 11.2 Å². The van der Waals surface area contributed by atoms with Crippen LogP contribution in [0, 0.1) is 0 Å². The monoisotopic (exact) mass is 303 g/mol. The van der Waals surface area contributed by atoms with E-state index >= 15 is 0 Å². The predicted octanol–water partition coefficient (Wildman–Crippen LogP) is 0.379. The van der Waals surface area contributed by atoms with Gasteiger partial charge in [-0.1, -0.05) is 6.92 Å². The highest BCUT2D eigenvalue weighted by molar-refractivity contribution is 5.85. The fourth-order valence-corrected chi connectivity index (χ4v) is 2.83. The molecule has 2 aromatic rings. The number of aliphatic carboxylic acids is 1. The largest absolute Gasteiger partial charge is 0.479 e. The Hall–Kier alpha value is -2.64. The minimum absolute atomic E-state index is 0.0900. The molecule has 0 spiro atoms. The normalized spacial score (nSPS) is 17.3. The zero-order chi connectivity index (χ0) is 15.7. The maximum absolute atomic E-state index is 12.6. The van der Waals surface area contributed by atoms with Crippen molar-refractivity contribution in [2.24, 2.45) is 0 Å². The lowest BCUT2D eigenvalue weighted by Crippen LogP contribution is -2.45. The Labute approximate surface area is 126 Å². The number of amides is 1. The number of aryl methyl sites for hydroxylation is 1. The smallest absolute Gasteiger partial charge is 0.332 e. The van der Waals surface area contributed by atoms with Crippen LogP contribution in [-0.4, -0.2) is 47.9 Å². The molecule has 1 atom stereocenters. The van der Waals surface area contributed by atoms with E-state index in [0.29, 0.717) is 25.1 Å². The van der Waals surface area contributed by atoms with Crippen LogP contribution in [0.1, 0.15) is 30.2 Å². The molecule has 0 bridgehead atoms. The van der Waals surface area contributed by atoms with E-state index < -0.39 is 12.0 Å². The van der Waals surface area contributed by atoms with Gasteiger partial charge >= 0.3 is 5.97 Å². The molecule has 116 valence electrons. The van der Waals surface area contributed by atoms with E-state index in [0.717, 1.165) is 11.5 Å². The number of H-pyrrole nitrogens is 1. The number of carbonyl (C=O) groups excluding carboxylic acids is 1. The first-order chi connectivity index (χ1) is 10.6. The van der Waals surface area contributed by atoms with E-state index in [9.17, 15) is 14.7 Å². The molecule has 8 nitrogen and oxygen atoms in total. The van der Waals surface area contributed by atoms with Gasteiger partial charge in [0.1, 0.15) is 12.4 Å². The van der Waals surface area contributed by atoms with Crippen molar-refractivity contribution in [3.63, 3.8) is 0 Å². The molecule has 1 amide bonds. The Bertz CT molecular complexity index is 705. The molecular formula is C14H17N5O3. The molecule has 0 radical (unpaired) electrons. The van der Waals surface area contributed by atoms with Gasteiger partial charge in [0.2, 0.25) is 5.91 Å². The lowest BCUT2D eigenvalue weighted by molar-refractivity contribution is -0.151. The second-order valence-corrected chi connectivity index (χ2v) is 5.17. The van der Waals surface area contributed by atoms with E-state index in [1.54, 1.807) is 17.0 Å². The van der Waals surface area contributed by atoms with Crippen LogP contribution in [0.4, 0.5) is 0 Å². The number of aromatic nitrogens is 4. The minimum Gasteiger partial charge on any atom is -0.479 e. The van der Waals surface area contributed by atoms with Crippen molar-refractivity contribution in [1.29, 1.82) is 0 Å². The molecule has 0 saturated heterocycles. The minimum atomic E-state index is -1.07. The summed E-state index contributed by atoms with van der Waals surface area (Å²) in [5.74, 6) is -0.505. The fraction of sp³-hybridized carbons (Fsp3) is 0.429. The van der Waals surface area contributed by atoms with Crippen LogP contribution in [-0.2, 0) is 29.0 Å². The molecule has 3 rings (SSSR count). The Balaban J connectivity index is 1.84. The molecule has 2 N–H and O–H groups in total. The average Bonchev–Trinajstić information content (AvgIpc) is 3.13. The number of fused-ring (bicyclic) bond motifs is 1. The highest BCUT2D eigenvalue weighted by atomic mass is 16.4. The SMILES string of the molecule is CCc1nccn1CC(=O)N1CCc2[nH]cnc2[C@H]1C(=O)O. The van der Waals surface area contributed by atoms with Gasteiger partial charge in [0.15, 0.2) is 6.04 Å². The average molecular weight is 303 g/mol. The number of carboxylic acids is 1. The number of carbonyl (C=O) groups is 2. The molecule has 2 aromatic heterocycles. The van der Waals surface area contributed by atoms with Crippen molar-refractivity contribution >= 4 is 11.9 Å². The second-order valence-electron chi connectivity index (χ2n) is 5.17. The number of nitrogens with zero attached hydrogens (tertiary/aromatic N) is 4. The molecule has 0 aromatic carbocycles. The second kappa shape index (κ2) is 5.63. The van der Waals surface area contributed by atoms with E-state index in [-0.39, 0.29) is 12.5 Å². The quantitative estimate of drug-likeness (QED) is 0.849. The zero-order valence-electron chi connectivity index (χ0n) is 12.2. The van der Waals surface area contributed by atoms with Crippen molar-refractivity contribution in [1.82, 2.24) is 24.4 Å². The van der Waals surface area contributed by atoms with Crippen molar-refractivity contribution < 1.29 is 14.7 Å². The van der Waals surface area contributed by atoms with Crippen LogP contribution in [0.5, 0.6) is 0 Å². The van der Waals surface area contributed by atoms with Crippen molar-refractivity contribution in [2.45, 2.75) is 32.4 Å². The Morgan fingerprint density at radius 1 is 1.45 bits per heavy atom. The van der Waals surface area contributed by atoms with Crippen molar-refractivity contribution in [3.8, 4) is 0 Å². The lowest BCUT2D eigenvalue weighted by Gasteiger charge is -2.32. The van der Waals surface area contributed by atoms with Gasteiger partial charge in [0, 0.05) is 37.5 Å². The van der Waals surface area contributed by atoms with Crippen LogP contribution in [0.15, 0.2) is 18.7 Å². The molecule has 0 saturated carbocycles. The lowest BCUT2D eigenvalue weighted by atomic mass is 10.0. The summed E-state index contributed by atoms with van der Waals surface area (Å²) in [5, 5.41) is 9.48. The number of imidazole rings is 2. The topological polar surface area (TPSA) is 104 Å². The zero-order valence-corrected chi connectivity index (χ0v) is 12.2. The van der Waals surface area contributed by atoms with Crippen LogP contribution >= 0.6 is 0 Å². The number of carboxylic acid groups (broad SMARTS) is 1. The molecule has 3 heterocycles. The predicted molar refractivity (Wildman–Crippen MR) is 76.0 cm³/mol. The number of rotatable bonds is 4. The summed E-state index contributed by atoms with van der Waals surface area (Å²) in [6, 6.07) is -1.03. The molecular weight excluding hydrogens is 286 g/mol. The third-order valence-electron chi connectivity index (χ3n) is 3.90. The van der Waals surface area contributed by atoms with Crippen molar-refractivity contribution in [3.05, 3.63) is 35.9 Å². The first kappa shape index (κ1) is 14.3. The summed E-state index contributed by atoms with van der Waals surface area (Å²) in [5.41, 5.74) is 1.21. The van der Waals surface area contributed by atoms with Gasteiger partial charge in [-0.15, -0.1) is 0 Å². The van der Waals surface area contributed by atoms with Gasteiger partial charge in [-0.25, -0.2) is 14.8 Å². The first-order valence-corrected chi connectivity index (χ1v) is 7.16. The summed E-state index contributed by atoms with van der Waals surface area (Å²) in [6.07, 6.45) is 6.14. The summed E-state index contributed by atoms with van der Waals surface area (Å²) in [4.78, 5) is 36.7. The number of aromatic amines is 1. The molecule has 8 heteroatoms. The van der Waals surface area contributed by atoms with Gasteiger partial charge in [-0.2, -0.15) is 0 Å². The maximum atomic E-state index is 12.6. The Kier molecular flexibility index (Phi) is 3.66. The van der Waals surface area contributed by atoms with Crippen molar-refractivity contribution in [2.75, 3.05) is 6.54 Å². The van der Waals surface area contributed by atoms with E-state index in [2.05, 4.69) is 15.0 Å². The van der Waals surface area contributed by atoms with Gasteiger partial charge in [0.05, 0.1) is 12.0 Å². The summed E-state index contributed by atoms with van der Waals surface area (Å²) >= 11 is 0. The van der Waals surface area contributed by atoms with Crippen LogP contribution in [0.2, 0.25) is 0 Å². The molecule has 1 aliphatic rings. The highest BCUT2D eigenvalue weighted by Gasteiger charge is 2.37. The maximum Gasteiger partial charge on any atom is 0.332 e. The van der Waals surface area contributed by atoms with E-state index in [1.807, 2.05) is 6.92 Å². The van der Waals surface area contributed by atoms with Crippen LogP contribution in [0.3, 0.4) is 0 Å². The van der Waals surface area contributed by atoms with Crippen LogP contribution in [0.25, 0.3) is 0 Å². The van der Waals surface area contributed by atoms with Gasteiger partial charge in [-0.3, -0.25) is 4.79 Å². The standard InChI is InChI=1S/C14H17N5O3/c1-2-10-15-4-6-18(10)7-11(20)19-5-3-9-12(17-8-16-9)13(19)14(21)22/h4,6,8,13H,2-3,5,7H2,1H3,(H,16,17)(H,21,22)/t13-/m0/s1. The number of nitrogens with one attached hydrogen (secondary N) is 1. The van der Waals surface area contributed by atoms with Crippen LogP contribution < -0.4 is 0 Å². The number of hydrogen-bond donors (Lipinski definition) is 2. The molecule has 1 aliphatic heterocycles. The van der Waals surface area contributed by atoms with E-state index in [4.69, 9.17) is 0 Å². The molecule has 22 heavy (non-hydrogen) atoms. The molecule has 0 unspecified atom stereocenters. The van der Waals surface area contributed by atoms with Gasteiger partial charge in [-0.05, 0) is 0 Å².